The molecule has 6 heteroatoms. The third kappa shape index (κ3) is 2.80. The standard InChI is InChI=1S/C15H15ClN2O2S/c1-9-8-13(14(19)20-9)21-15-17-6-7-18(15)12-5-3-4-11(16)10(12)2/h3-7,9,13H,8H2,1-2H3. The van der Waals surface area contributed by atoms with E-state index in [1.807, 2.05) is 42.8 Å². The maximum atomic E-state index is 11.8. The lowest BCUT2D eigenvalue weighted by atomic mass is 10.2. The predicted octanol–water partition coefficient (Wildman–Crippen LogP) is 3.63. The number of cyclic esters (lactones) is 1. The second kappa shape index (κ2) is 5.73. The van der Waals surface area contributed by atoms with Gasteiger partial charge in [0.25, 0.3) is 0 Å². The van der Waals surface area contributed by atoms with E-state index < -0.39 is 0 Å². The fourth-order valence-corrected chi connectivity index (χ4v) is 3.70. The van der Waals surface area contributed by atoms with Gasteiger partial charge < -0.3 is 4.74 Å². The van der Waals surface area contributed by atoms with Crippen LogP contribution in [0.5, 0.6) is 0 Å². The number of aromatic nitrogens is 2. The molecule has 0 radical (unpaired) electrons. The molecule has 0 saturated carbocycles. The number of hydrogen-bond donors (Lipinski definition) is 0. The summed E-state index contributed by atoms with van der Waals surface area (Å²) in [7, 11) is 0. The zero-order valence-corrected chi connectivity index (χ0v) is 13.3. The SMILES string of the molecule is Cc1c(Cl)cccc1-n1ccnc1SC1CC(C)OC1=O. The summed E-state index contributed by atoms with van der Waals surface area (Å²) in [5.41, 5.74) is 1.96. The number of esters is 1. The maximum Gasteiger partial charge on any atom is 0.319 e. The van der Waals surface area contributed by atoms with E-state index in [0.717, 1.165) is 16.4 Å². The molecule has 2 heterocycles. The highest BCUT2D eigenvalue weighted by atomic mass is 35.5. The second-order valence-electron chi connectivity index (χ2n) is 5.05. The van der Waals surface area contributed by atoms with Gasteiger partial charge in [-0.15, -0.1) is 0 Å². The second-order valence-corrected chi connectivity index (χ2v) is 6.63. The van der Waals surface area contributed by atoms with Crippen LogP contribution < -0.4 is 0 Å². The predicted molar refractivity (Wildman–Crippen MR) is 83.1 cm³/mol. The van der Waals surface area contributed by atoms with Crippen LogP contribution in [-0.2, 0) is 9.53 Å². The summed E-state index contributed by atoms with van der Waals surface area (Å²) in [5, 5.41) is 1.29. The number of rotatable bonds is 3. The molecule has 0 bridgehead atoms. The molecule has 1 aliphatic heterocycles. The number of halogens is 1. The molecule has 1 saturated heterocycles. The molecule has 2 aromatic rings. The molecule has 2 unspecified atom stereocenters. The van der Waals surface area contributed by atoms with Gasteiger partial charge in [0.05, 0.1) is 5.69 Å². The zero-order valence-electron chi connectivity index (χ0n) is 11.7. The van der Waals surface area contributed by atoms with Crippen molar-refractivity contribution in [3.8, 4) is 5.69 Å². The summed E-state index contributed by atoms with van der Waals surface area (Å²) >= 11 is 7.62. The lowest BCUT2D eigenvalue weighted by Crippen LogP contribution is -2.11. The van der Waals surface area contributed by atoms with Crippen molar-refractivity contribution in [3.05, 3.63) is 41.2 Å². The van der Waals surface area contributed by atoms with Crippen molar-refractivity contribution in [2.75, 3.05) is 0 Å². The molecule has 4 nitrogen and oxygen atoms in total. The quantitative estimate of drug-likeness (QED) is 0.809. The Balaban J connectivity index is 1.91. The van der Waals surface area contributed by atoms with Gasteiger partial charge in [-0.25, -0.2) is 4.98 Å². The number of hydrogen-bond acceptors (Lipinski definition) is 4. The van der Waals surface area contributed by atoms with Gasteiger partial charge >= 0.3 is 5.97 Å². The van der Waals surface area contributed by atoms with Gasteiger partial charge in [-0.1, -0.05) is 29.4 Å². The van der Waals surface area contributed by atoms with E-state index >= 15 is 0 Å². The summed E-state index contributed by atoms with van der Waals surface area (Å²) in [5.74, 6) is -0.162. The van der Waals surface area contributed by atoms with Crippen LogP contribution in [0, 0.1) is 6.92 Å². The molecule has 2 atom stereocenters. The molecule has 3 rings (SSSR count). The number of carbonyl (C=O) groups is 1. The van der Waals surface area contributed by atoms with E-state index in [1.54, 1.807) is 6.20 Å². The van der Waals surface area contributed by atoms with Crippen LogP contribution in [0.25, 0.3) is 5.69 Å². The summed E-state index contributed by atoms with van der Waals surface area (Å²) in [6, 6.07) is 5.76. The van der Waals surface area contributed by atoms with Gasteiger partial charge in [0.2, 0.25) is 0 Å². The van der Waals surface area contributed by atoms with Crippen LogP contribution >= 0.6 is 23.4 Å². The molecule has 110 valence electrons. The van der Waals surface area contributed by atoms with Gasteiger partial charge in [-0.3, -0.25) is 9.36 Å². The molecule has 0 N–H and O–H groups in total. The van der Waals surface area contributed by atoms with Crippen LogP contribution in [-0.4, -0.2) is 26.9 Å². The Morgan fingerprint density at radius 2 is 2.29 bits per heavy atom. The van der Waals surface area contributed by atoms with Crippen LogP contribution in [0.4, 0.5) is 0 Å². The van der Waals surface area contributed by atoms with Gasteiger partial charge in [0.1, 0.15) is 11.4 Å². The third-order valence-electron chi connectivity index (χ3n) is 3.48. The highest BCUT2D eigenvalue weighted by Crippen LogP contribution is 2.33. The monoisotopic (exact) mass is 322 g/mol. The highest BCUT2D eigenvalue weighted by molar-refractivity contribution is 8.00. The summed E-state index contributed by atoms with van der Waals surface area (Å²) in [6.07, 6.45) is 4.30. The minimum absolute atomic E-state index is 0.0219. The topological polar surface area (TPSA) is 44.1 Å². The van der Waals surface area contributed by atoms with Gasteiger partial charge in [-0.05, 0) is 31.5 Å². The van der Waals surface area contributed by atoms with Gasteiger partial charge in [0, 0.05) is 23.8 Å². The van der Waals surface area contributed by atoms with Crippen molar-refractivity contribution in [2.45, 2.75) is 36.8 Å². The van der Waals surface area contributed by atoms with Gasteiger partial charge in [-0.2, -0.15) is 0 Å². The zero-order chi connectivity index (χ0) is 15.0. The first kappa shape index (κ1) is 14.5. The Kier molecular flexibility index (Phi) is 3.95. The Morgan fingerprint density at radius 1 is 1.48 bits per heavy atom. The Bertz CT molecular complexity index is 686. The van der Waals surface area contributed by atoms with Crippen molar-refractivity contribution in [1.82, 2.24) is 9.55 Å². The number of ether oxygens (including phenoxy) is 1. The van der Waals surface area contributed by atoms with E-state index in [4.69, 9.17) is 16.3 Å². The molecule has 21 heavy (non-hydrogen) atoms. The minimum Gasteiger partial charge on any atom is -0.462 e. The van der Waals surface area contributed by atoms with Crippen LogP contribution in [0.1, 0.15) is 18.9 Å². The lowest BCUT2D eigenvalue weighted by Gasteiger charge is -2.12. The maximum absolute atomic E-state index is 11.8. The first-order chi connectivity index (χ1) is 10.1. The van der Waals surface area contributed by atoms with Crippen molar-refractivity contribution in [1.29, 1.82) is 0 Å². The van der Waals surface area contributed by atoms with E-state index in [1.165, 1.54) is 11.8 Å². The Hall–Kier alpha value is -1.46. The Labute approximate surface area is 132 Å². The molecule has 1 aromatic heterocycles. The molecule has 1 aliphatic rings. The van der Waals surface area contributed by atoms with Crippen LogP contribution in [0.15, 0.2) is 35.7 Å². The van der Waals surface area contributed by atoms with Crippen LogP contribution in [0.3, 0.4) is 0 Å². The number of imidazole rings is 1. The molecule has 0 spiro atoms. The fraction of sp³-hybridized carbons (Fsp3) is 0.333. The average Bonchev–Trinajstić information content (AvgIpc) is 3.01. The number of benzene rings is 1. The molecular weight excluding hydrogens is 308 g/mol. The largest absolute Gasteiger partial charge is 0.462 e. The summed E-state index contributed by atoms with van der Waals surface area (Å²) in [4.78, 5) is 16.1. The molecule has 0 aliphatic carbocycles. The van der Waals surface area contributed by atoms with E-state index in [0.29, 0.717) is 11.4 Å². The number of carbonyl (C=O) groups excluding carboxylic acids is 1. The van der Waals surface area contributed by atoms with Crippen molar-refractivity contribution in [3.63, 3.8) is 0 Å². The minimum atomic E-state index is -0.194. The third-order valence-corrected chi connectivity index (χ3v) is 5.07. The highest BCUT2D eigenvalue weighted by Gasteiger charge is 2.33. The Morgan fingerprint density at radius 3 is 3.00 bits per heavy atom. The summed E-state index contributed by atoms with van der Waals surface area (Å²) in [6.45, 7) is 3.88. The molecule has 1 fully saturated rings. The molecular formula is C15H15ClN2O2S. The molecule has 0 amide bonds. The molecule has 1 aromatic carbocycles. The van der Waals surface area contributed by atoms with E-state index in [9.17, 15) is 4.79 Å². The number of nitrogens with zero attached hydrogens (tertiary/aromatic N) is 2. The van der Waals surface area contributed by atoms with E-state index in [2.05, 4.69) is 4.98 Å². The first-order valence-electron chi connectivity index (χ1n) is 6.72. The van der Waals surface area contributed by atoms with Crippen molar-refractivity contribution >= 4 is 29.3 Å². The number of thioether (sulfide) groups is 1. The van der Waals surface area contributed by atoms with E-state index in [-0.39, 0.29) is 17.3 Å². The normalized spacial score (nSPS) is 21.6. The first-order valence-corrected chi connectivity index (χ1v) is 7.98. The van der Waals surface area contributed by atoms with Gasteiger partial charge in [0.15, 0.2) is 5.16 Å². The average molecular weight is 323 g/mol. The van der Waals surface area contributed by atoms with Crippen LogP contribution in [0.2, 0.25) is 5.02 Å². The summed E-state index contributed by atoms with van der Waals surface area (Å²) < 4.78 is 7.15. The van der Waals surface area contributed by atoms with Crippen molar-refractivity contribution < 1.29 is 9.53 Å². The lowest BCUT2D eigenvalue weighted by molar-refractivity contribution is -0.140. The fourth-order valence-electron chi connectivity index (χ4n) is 2.36. The smallest absolute Gasteiger partial charge is 0.319 e. The van der Waals surface area contributed by atoms with Crippen molar-refractivity contribution in [2.24, 2.45) is 0 Å².